The highest BCUT2D eigenvalue weighted by molar-refractivity contribution is 5.95. The lowest BCUT2D eigenvalue weighted by atomic mass is 10.00. The molecular formula is C31H37N3O3. The lowest BCUT2D eigenvalue weighted by Crippen LogP contribution is -2.41. The number of hydrogen-bond donors (Lipinski definition) is 0. The molecule has 1 heterocycles. The average molecular weight is 500 g/mol. The van der Waals surface area contributed by atoms with Gasteiger partial charge in [-0.05, 0) is 51.1 Å². The highest BCUT2D eigenvalue weighted by Crippen LogP contribution is 2.29. The van der Waals surface area contributed by atoms with Gasteiger partial charge in [-0.2, -0.15) is 0 Å². The molecule has 1 aliphatic rings. The normalized spacial score (nSPS) is 16.0. The van der Waals surface area contributed by atoms with Gasteiger partial charge in [-0.1, -0.05) is 65.7 Å². The van der Waals surface area contributed by atoms with Crippen LogP contribution in [0.25, 0.3) is 0 Å². The van der Waals surface area contributed by atoms with Crippen molar-refractivity contribution in [2.75, 3.05) is 40.3 Å². The van der Waals surface area contributed by atoms with Crippen LogP contribution in [0.3, 0.4) is 0 Å². The molecule has 4 rings (SSSR count). The molecule has 37 heavy (non-hydrogen) atoms. The Labute approximate surface area is 220 Å². The number of likely N-dealkylation sites (N-methyl/N-ethyl adjacent to an activating group) is 1. The number of benzene rings is 3. The first-order valence-electron chi connectivity index (χ1n) is 12.9. The number of hydrogen-bond acceptors (Lipinski definition) is 4. The van der Waals surface area contributed by atoms with Crippen molar-refractivity contribution in [3.05, 3.63) is 101 Å². The van der Waals surface area contributed by atoms with E-state index in [1.165, 1.54) is 0 Å². The summed E-state index contributed by atoms with van der Waals surface area (Å²) >= 11 is 0. The van der Waals surface area contributed by atoms with Crippen LogP contribution in [0.1, 0.15) is 45.1 Å². The molecule has 1 aliphatic heterocycles. The molecule has 6 nitrogen and oxygen atoms in total. The summed E-state index contributed by atoms with van der Waals surface area (Å²) in [5, 5.41) is 0. The summed E-state index contributed by atoms with van der Waals surface area (Å²) in [6.45, 7) is 6.57. The zero-order valence-electron chi connectivity index (χ0n) is 22.3. The molecule has 3 aromatic carbocycles. The fourth-order valence-corrected chi connectivity index (χ4v) is 5.22. The quantitative estimate of drug-likeness (QED) is 0.466. The summed E-state index contributed by atoms with van der Waals surface area (Å²) in [6, 6.07) is 23.9. The summed E-state index contributed by atoms with van der Waals surface area (Å²) in [6.07, 6.45) is 0.697. The van der Waals surface area contributed by atoms with E-state index in [1.807, 2.05) is 90.2 Å². The zero-order valence-corrected chi connectivity index (χ0v) is 22.3. The number of rotatable bonds is 7. The lowest BCUT2D eigenvalue weighted by Gasteiger charge is -2.30. The SMILES string of the molecule is COc1ccccc1CN(C)CC(=O)N1CCC(c2ccccc2)N(C(=O)c2cc(C)cc(C)c2)CC1. The van der Waals surface area contributed by atoms with E-state index in [9.17, 15) is 9.59 Å². The minimum atomic E-state index is -0.0846. The van der Waals surface area contributed by atoms with E-state index in [0.717, 1.165) is 28.0 Å². The second-order valence-electron chi connectivity index (χ2n) is 9.96. The number of ether oxygens (including phenoxy) is 1. The minimum absolute atomic E-state index is 0.0169. The second-order valence-corrected chi connectivity index (χ2v) is 9.96. The maximum absolute atomic E-state index is 13.8. The van der Waals surface area contributed by atoms with Gasteiger partial charge in [-0.15, -0.1) is 0 Å². The van der Waals surface area contributed by atoms with Gasteiger partial charge in [0.05, 0.1) is 19.7 Å². The Bertz CT molecular complexity index is 1210. The zero-order chi connectivity index (χ0) is 26.4. The van der Waals surface area contributed by atoms with Crippen LogP contribution >= 0.6 is 0 Å². The van der Waals surface area contributed by atoms with Crippen LogP contribution in [0.15, 0.2) is 72.8 Å². The summed E-state index contributed by atoms with van der Waals surface area (Å²) in [7, 11) is 3.61. The van der Waals surface area contributed by atoms with Crippen molar-refractivity contribution < 1.29 is 14.3 Å². The van der Waals surface area contributed by atoms with Crippen molar-refractivity contribution in [3.8, 4) is 5.75 Å². The fourth-order valence-electron chi connectivity index (χ4n) is 5.22. The molecule has 3 aromatic rings. The highest BCUT2D eigenvalue weighted by atomic mass is 16.5. The molecule has 6 heteroatoms. The van der Waals surface area contributed by atoms with Crippen LogP contribution in [0.2, 0.25) is 0 Å². The number of aryl methyl sites for hydroxylation is 2. The predicted octanol–water partition coefficient (Wildman–Crippen LogP) is 4.86. The summed E-state index contributed by atoms with van der Waals surface area (Å²) < 4.78 is 5.46. The van der Waals surface area contributed by atoms with Gasteiger partial charge in [0.2, 0.25) is 5.91 Å². The highest BCUT2D eigenvalue weighted by Gasteiger charge is 2.31. The number of amides is 2. The van der Waals surface area contributed by atoms with Crippen LogP contribution in [0, 0.1) is 13.8 Å². The van der Waals surface area contributed by atoms with Crippen molar-refractivity contribution in [3.63, 3.8) is 0 Å². The summed E-state index contributed by atoms with van der Waals surface area (Å²) in [4.78, 5) is 33.0. The largest absolute Gasteiger partial charge is 0.496 e. The Morgan fingerprint density at radius 3 is 2.30 bits per heavy atom. The molecule has 0 N–H and O–H groups in total. The molecule has 1 unspecified atom stereocenters. The molecule has 0 spiro atoms. The molecule has 0 radical (unpaired) electrons. The van der Waals surface area contributed by atoms with E-state index in [1.54, 1.807) is 7.11 Å². The van der Waals surface area contributed by atoms with Crippen LogP contribution in [0.4, 0.5) is 0 Å². The maximum Gasteiger partial charge on any atom is 0.254 e. The molecule has 1 saturated heterocycles. The fraction of sp³-hybridized carbons (Fsp3) is 0.355. The molecule has 1 fully saturated rings. The van der Waals surface area contributed by atoms with Gasteiger partial charge >= 0.3 is 0 Å². The van der Waals surface area contributed by atoms with Gasteiger partial charge in [-0.3, -0.25) is 14.5 Å². The Balaban J connectivity index is 1.50. The predicted molar refractivity (Wildman–Crippen MR) is 147 cm³/mol. The molecule has 0 aliphatic carbocycles. The Hall–Kier alpha value is -3.64. The van der Waals surface area contributed by atoms with E-state index in [4.69, 9.17) is 4.74 Å². The Kier molecular flexibility index (Phi) is 8.62. The second kappa shape index (κ2) is 12.1. The van der Waals surface area contributed by atoms with Crippen LogP contribution in [-0.2, 0) is 11.3 Å². The lowest BCUT2D eigenvalue weighted by molar-refractivity contribution is -0.132. The number of nitrogens with zero attached hydrogens (tertiary/aromatic N) is 3. The van der Waals surface area contributed by atoms with Gasteiger partial charge in [-0.25, -0.2) is 0 Å². The van der Waals surface area contributed by atoms with Crippen LogP contribution < -0.4 is 4.74 Å². The van der Waals surface area contributed by atoms with Crippen molar-refractivity contribution in [1.29, 1.82) is 0 Å². The van der Waals surface area contributed by atoms with E-state index >= 15 is 0 Å². The summed E-state index contributed by atoms with van der Waals surface area (Å²) in [5.41, 5.74) is 5.00. The third-order valence-electron chi connectivity index (χ3n) is 6.96. The minimum Gasteiger partial charge on any atom is -0.496 e. The van der Waals surface area contributed by atoms with E-state index in [-0.39, 0.29) is 17.9 Å². The van der Waals surface area contributed by atoms with Gasteiger partial charge in [0.15, 0.2) is 0 Å². The molecule has 2 amide bonds. The topological polar surface area (TPSA) is 53.1 Å². The Morgan fingerprint density at radius 1 is 0.919 bits per heavy atom. The van der Waals surface area contributed by atoms with Gasteiger partial charge in [0.1, 0.15) is 5.75 Å². The molecule has 194 valence electrons. The van der Waals surface area contributed by atoms with Crippen LogP contribution in [-0.4, -0.2) is 66.9 Å². The third kappa shape index (κ3) is 6.57. The standard InChI is InChI=1S/C31H37N3O3/c1-23-18-24(2)20-27(19-23)31(36)34-17-16-33(15-14-28(34)25-10-6-5-7-11-25)30(35)22-32(3)21-26-12-8-9-13-29(26)37-4/h5-13,18-20,28H,14-17,21-22H2,1-4H3. The smallest absolute Gasteiger partial charge is 0.254 e. The van der Waals surface area contributed by atoms with Crippen molar-refractivity contribution in [1.82, 2.24) is 14.7 Å². The average Bonchev–Trinajstić information content (AvgIpc) is 3.12. The first-order chi connectivity index (χ1) is 17.9. The van der Waals surface area contributed by atoms with Crippen LogP contribution in [0.5, 0.6) is 5.75 Å². The molecule has 1 atom stereocenters. The van der Waals surface area contributed by atoms with E-state index in [0.29, 0.717) is 44.7 Å². The van der Waals surface area contributed by atoms with Crippen molar-refractivity contribution in [2.45, 2.75) is 32.9 Å². The first-order valence-corrected chi connectivity index (χ1v) is 12.9. The maximum atomic E-state index is 13.8. The molecule has 0 saturated carbocycles. The number of para-hydroxylation sites is 1. The third-order valence-corrected chi connectivity index (χ3v) is 6.96. The summed E-state index contributed by atoms with van der Waals surface area (Å²) in [5.74, 6) is 0.913. The molecule has 0 aromatic heterocycles. The number of carbonyl (C=O) groups is 2. The van der Waals surface area contributed by atoms with E-state index < -0.39 is 0 Å². The van der Waals surface area contributed by atoms with E-state index in [2.05, 4.69) is 18.2 Å². The first kappa shape index (κ1) is 26.4. The molecular weight excluding hydrogens is 462 g/mol. The Morgan fingerprint density at radius 2 is 1.59 bits per heavy atom. The number of carbonyl (C=O) groups excluding carboxylic acids is 2. The van der Waals surface area contributed by atoms with Gasteiger partial charge in [0.25, 0.3) is 5.91 Å². The van der Waals surface area contributed by atoms with Crippen molar-refractivity contribution >= 4 is 11.8 Å². The van der Waals surface area contributed by atoms with Crippen molar-refractivity contribution in [2.24, 2.45) is 0 Å². The molecule has 0 bridgehead atoms. The monoisotopic (exact) mass is 499 g/mol. The van der Waals surface area contributed by atoms with Gasteiger partial charge < -0.3 is 14.5 Å². The van der Waals surface area contributed by atoms with Gasteiger partial charge in [0, 0.05) is 37.3 Å². The number of methoxy groups -OCH3 is 1.